The summed E-state index contributed by atoms with van der Waals surface area (Å²) in [5.41, 5.74) is 1.08. The molecule has 23 heavy (non-hydrogen) atoms. The lowest BCUT2D eigenvalue weighted by molar-refractivity contribution is 0.102. The average Bonchev–Trinajstić information content (AvgIpc) is 3.10. The first-order chi connectivity index (χ1) is 11.2. The van der Waals surface area contributed by atoms with Gasteiger partial charge in [-0.25, -0.2) is 9.67 Å². The van der Waals surface area contributed by atoms with Crippen molar-refractivity contribution in [1.82, 2.24) is 14.8 Å². The quantitative estimate of drug-likeness (QED) is 0.762. The number of nitrogens with zero attached hydrogens (tertiary/aromatic N) is 3. The number of carbonyl (C=O) groups excluding carboxylic acids is 1. The zero-order chi connectivity index (χ0) is 16.2. The van der Waals surface area contributed by atoms with Crippen LogP contribution in [0.5, 0.6) is 5.75 Å². The molecule has 0 fully saturated rings. The van der Waals surface area contributed by atoms with E-state index in [1.807, 2.05) is 6.07 Å². The SMILES string of the molecule is COc1ccc(Br)c(C(=O)Nc2ccc(-n3cccn3)nc2)c1. The van der Waals surface area contributed by atoms with Gasteiger partial charge in [0.1, 0.15) is 5.75 Å². The maximum absolute atomic E-state index is 12.4. The van der Waals surface area contributed by atoms with Crippen molar-refractivity contribution in [2.24, 2.45) is 0 Å². The standard InChI is InChI=1S/C16H13BrN4O2/c1-23-12-4-5-14(17)13(9-12)16(22)20-11-3-6-15(18-10-11)21-8-2-7-19-21/h2-10H,1H3,(H,20,22). The first kappa shape index (κ1) is 15.2. The van der Waals surface area contributed by atoms with Crippen LogP contribution in [0.15, 0.2) is 59.5 Å². The summed E-state index contributed by atoms with van der Waals surface area (Å²) in [5.74, 6) is 1.05. The van der Waals surface area contributed by atoms with Crippen molar-refractivity contribution in [3.63, 3.8) is 0 Å². The number of ether oxygens (including phenoxy) is 1. The van der Waals surface area contributed by atoms with E-state index >= 15 is 0 Å². The predicted octanol–water partition coefficient (Wildman–Crippen LogP) is 3.29. The van der Waals surface area contributed by atoms with Gasteiger partial charge >= 0.3 is 0 Å². The van der Waals surface area contributed by atoms with Gasteiger partial charge in [-0.05, 0) is 52.3 Å². The van der Waals surface area contributed by atoms with Gasteiger partial charge in [0.05, 0.1) is 24.6 Å². The Bertz CT molecular complexity index is 817. The minimum absolute atomic E-state index is 0.246. The van der Waals surface area contributed by atoms with E-state index in [-0.39, 0.29) is 5.91 Å². The minimum atomic E-state index is -0.246. The normalized spacial score (nSPS) is 10.3. The molecule has 0 aliphatic rings. The monoisotopic (exact) mass is 372 g/mol. The molecule has 0 radical (unpaired) electrons. The van der Waals surface area contributed by atoms with Crippen molar-refractivity contribution < 1.29 is 9.53 Å². The number of amides is 1. The predicted molar refractivity (Wildman–Crippen MR) is 90.0 cm³/mol. The zero-order valence-electron chi connectivity index (χ0n) is 12.2. The van der Waals surface area contributed by atoms with E-state index in [0.29, 0.717) is 27.3 Å². The Balaban J connectivity index is 1.78. The number of nitrogens with one attached hydrogen (secondary N) is 1. The highest BCUT2D eigenvalue weighted by Gasteiger charge is 2.12. The van der Waals surface area contributed by atoms with E-state index in [1.54, 1.807) is 60.7 Å². The van der Waals surface area contributed by atoms with Gasteiger partial charge in [-0.2, -0.15) is 5.10 Å². The summed E-state index contributed by atoms with van der Waals surface area (Å²) < 4.78 is 7.48. The van der Waals surface area contributed by atoms with Crippen molar-refractivity contribution in [2.45, 2.75) is 0 Å². The summed E-state index contributed by atoms with van der Waals surface area (Å²) in [6.07, 6.45) is 5.06. The maximum atomic E-state index is 12.4. The van der Waals surface area contributed by atoms with E-state index in [4.69, 9.17) is 4.74 Å². The van der Waals surface area contributed by atoms with Crippen molar-refractivity contribution >= 4 is 27.5 Å². The number of benzene rings is 1. The molecule has 1 aromatic carbocycles. The number of halogens is 1. The highest BCUT2D eigenvalue weighted by molar-refractivity contribution is 9.10. The molecular formula is C16H13BrN4O2. The number of rotatable bonds is 4. The summed E-state index contributed by atoms with van der Waals surface area (Å²) in [4.78, 5) is 16.6. The number of aromatic nitrogens is 3. The number of hydrogen-bond acceptors (Lipinski definition) is 4. The third-order valence-corrected chi connectivity index (χ3v) is 3.85. The van der Waals surface area contributed by atoms with Crippen LogP contribution >= 0.6 is 15.9 Å². The summed E-state index contributed by atoms with van der Waals surface area (Å²) in [5, 5.41) is 6.91. The molecule has 0 spiro atoms. The topological polar surface area (TPSA) is 69.0 Å². The van der Waals surface area contributed by atoms with Gasteiger partial charge in [0, 0.05) is 16.9 Å². The van der Waals surface area contributed by atoms with E-state index in [0.717, 1.165) is 0 Å². The molecule has 1 amide bonds. The first-order valence-corrected chi connectivity index (χ1v) is 7.57. The highest BCUT2D eigenvalue weighted by atomic mass is 79.9. The molecule has 1 N–H and O–H groups in total. The molecule has 0 unspecified atom stereocenters. The highest BCUT2D eigenvalue weighted by Crippen LogP contribution is 2.23. The smallest absolute Gasteiger partial charge is 0.256 e. The van der Waals surface area contributed by atoms with Gasteiger partial charge in [0.25, 0.3) is 5.91 Å². The molecule has 116 valence electrons. The van der Waals surface area contributed by atoms with Gasteiger partial charge in [-0.15, -0.1) is 0 Å². The van der Waals surface area contributed by atoms with Crippen molar-refractivity contribution in [3.05, 3.63) is 65.0 Å². The van der Waals surface area contributed by atoms with E-state index in [9.17, 15) is 4.79 Å². The fourth-order valence-electron chi connectivity index (χ4n) is 2.00. The fraction of sp³-hybridized carbons (Fsp3) is 0.0625. The molecule has 3 rings (SSSR count). The van der Waals surface area contributed by atoms with Crippen molar-refractivity contribution in [2.75, 3.05) is 12.4 Å². The van der Waals surface area contributed by atoms with Crippen LogP contribution in [0.1, 0.15) is 10.4 Å². The van der Waals surface area contributed by atoms with Gasteiger partial charge in [-0.3, -0.25) is 4.79 Å². The number of pyridine rings is 1. The average molecular weight is 373 g/mol. The molecule has 0 aliphatic heterocycles. The van der Waals surface area contributed by atoms with Crippen LogP contribution in [-0.4, -0.2) is 27.8 Å². The molecule has 3 aromatic rings. The molecule has 0 bridgehead atoms. The Hall–Kier alpha value is -2.67. The molecule has 0 saturated heterocycles. The molecule has 0 aliphatic carbocycles. The van der Waals surface area contributed by atoms with Crippen LogP contribution in [0.3, 0.4) is 0 Å². The third-order valence-electron chi connectivity index (χ3n) is 3.16. The lowest BCUT2D eigenvalue weighted by Crippen LogP contribution is -2.13. The number of anilines is 1. The Morgan fingerprint density at radius 1 is 1.30 bits per heavy atom. The van der Waals surface area contributed by atoms with Crippen LogP contribution in [0.25, 0.3) is 5.82 Å². The van der Waals surface area contributed by atoms with E-state index in [2.05, 4.69) is 31.3 Å². The Kier molecular flexibility index (Phi) is 4.38. The molecule has 0 saturated carbocycles. The largest absolute Gasteiger partial charge is 0.497 e. The molecule has 2 aromatic heterocycles. The third kappa shape index (κ3) is 3.40. The second-order valence-electron chi connectivity index (χ2n) is 4.66. The van der Waals surface area contributed by atoms with E-state index in [1.165, 1.54) is 0 Å². The lowest BCUT2D eigenvalue weighted by atomic mass is 10.2. The summed E-state index contributed by atoms with van der Waals surface area (Å²) in [7, 11) is 1.56. The zero-order valence-corrected chi connectivity index (χ0v) is 13.8. The molecule has 7 heteroatoms. The summed E-state index contributed by atoms with van der Waals surface area (Å²) in [6, 6.07) is 10.6. The Morgan fingerprint density at radius 3 is 2.83 bits per heavy atom. The molecule has 0 atom stereocenters. The summed E-state index contributed by atoms with van der Waals surface area (Å²) in [6.45, 7) is 0. The molecule has 6 nitrogen and oxygen atoms in total. The Morgan fingerprint density at radius 2 is 2.17 bits per heavy atom. The van der Waals surface area contributed by atoms with E-state index < -0.39 is 0 Å². The second kappa shape index (κ2) is 6.62. The lowest BCUT2D eigenvalue weighted by Gasteiger charge is -2.09. The van der Waals surface area contributed by atoms with Gasteiger partial charge in [-0.1, -0.05) is 0 Å². The minimum Gasteiger partial charge on any atom is -0.497 e. The van der Waals surface area contributed by atoms with Crippen LogP contribution in [0.2, 0.25) is 0 Å². The van der Waals surface area contributed by atoms with Gasteiger partial charge in [0.2, 0.25) is 0 Å². The molecular weight excluding hydrogens is 360 g/mol. The van der Waals surface area contributed by atoms with Crippen LogP contribution in [-0.2, 0) is 0 Å². The molecule has 2 heterocycles. The second-order valence-corrected chi connectivity index (χ2v) is 5.51. The van der Waals surface area contributed by atoms with Crippen molar-refractivity contribution in [1.29, 1.82) is 0 Å². The fourth-order valence-corrected chi connectivity index (χ4v) is 2.43. The number of carbonyl (C=O) groups is 1. The van der Waals surface area contributed by atoms with Gasteiger partial charge < -0.3 is 10.1 Å². The Labute approximate surface area is 141 Å². The number of hydrogen-bond donors (Lipinski definition) is 1. The summed E-state index contributed by atoms with van der Waals surface area (Å²) >= 11 is 3.37. The van der Waals surface area contributed by atoms with Crippen LogP contribution < -0.4 is 10.1 Å². The van der Waals surface area contributed by atoms with Crippen LogP contribution in [0, 0.1) is 0 Å². The van der Waals surface area contributed by atoms with Gasteiger partial charge in [0.15, 0.2) is 5.82 Å². The first-order valence-electron chi connectivity index (χ1n) is 6.78. The maximum Gasteiger partial charge on any atom is 0.256 e. The van der Waals surface area contributed by atoms with Crippen LogP contribution in [0.4, 0.5) is 5.69 Å². The number of methoxy groups -OCH3 is 1. The van der Waals surface area contributed by atoms with Crippen molar-refractivity contribution in [3.8, 4) is 11.6 Å².